The zero-order valence-corrected chi connectivity index (χ0v) is 19.7. The number of ether oxygens (including phenoxy) is 1. The van der Waals surface area contributed by atoms with Crippen LogP contribution in [-0.2, 0) is 16.0 Å². The average molecular weight is 421 g/mol. The summed E-state index contributed by atoms with van der Waals surface area (Å²) in [5.41, 5.74) is 2.99. The molecule has 0 spiro atoms. The smallest absolute Gasteiger partial charge is 0.305 e. The van der Waals surface area contributed by atoms with Crippen molar-refractivity contribution >= 4 is 17.6 Å². The van der Waals surface area contributed by atoms with Gasteiger partial charge in [-0.3, -0.25) is 4.79 Å². The fraction of sp³-hybridized carbons (Fsp3) is 0.654. The Kier molecular flexibility index (Phi) is 13.8. The minimum atomic E-state index is -0.121. The van der Waals surface area contributed by atoms with Gasteiger partial charge in [-0.05, 0) is 68.4 Å². The zero-order valence-electron chi connectivity index (χ0n) is 19.0. The van der Waals surface area contributed by atoms with Crippen LogP contribution in [0.15, 0.2) is 36.4 Å². The molecule has 2 nitrogen and oxygen atoms in total. The molecule has 1 aromatic carbocycles. The molecule has 1 aliphatic carbocycles. The second-order valence-corrected chi connectivity index (χ2v) is 8.71. The van der Waals surface area contributed by atoms with Crippen LogP contribution in [-0.4, -0.2) is 18.5 Å². The second kappa shape index (κ2) is 15.5. The van der Waals surface area contributed by atoms with Crippen LogP contribution < -0.4 is 0 Å². The van der Waals surface area contributed by atoms with E-state index in [-0.39, 0.29) is 5.97 Å². The van der Waals surface area contributed by atoms with Gasteiger partial charge in [0.15, 0.2) is 0 Å². The molecule has 1 saturated carbocycles. The number of methoxy groups -OCH3 is 1. The second-order valence-electron chi connectivity index (χ2n) is 8.15. The van der Waals surface area contributed by atoms with Crippen LogP contribution in [0.25, 0.3) is 0 Å². The zero-order chi connectivity index (χ0) is 21.5. The average Bonchev–Trinajstić information content (AvgIpc) is 3.08. The van der Waals surface area contributed by atoms with Gasteiger partial charge in [0.1, 0.15) is 0 Å². The molecule has 0 heterocycles. The Hall–Kier alpha value is -1.28. The van der Waals surface area contributed by atoms with E-state index in [4.69, 9.17) is 11.6 Å². The Morgan fingerprint density at radius 1 is 1.14 bits per heavy atom. The van der Waals surface area contributed by atoms with Crippen molar-refractivity contribution in [3.05, 3.63) is 47.5 Å². The number of allylic oxidation sites excluding steroid dienone is 2. The van der Waals surface area contributed by atoms with E-state index in [9.17, 15) is 4.79 Å². The van der Waals surface area contributed by atoms with Gasteiger partial charge in [0.25, 0.3) is 0 Å². The van der Waals surface area contributed by atoms with Gasteiger partial charge in [-0.2, -0.15) is 0 Å². The molecule has 0 bridgehead atoms. The van der Waals surface area contributed by atoms with E-state index in [1.807, 2.05) is 19.1 Å². The van der Waals surface area contributed by atoms with Gasteiger partial charge in [0.2, 0.25) is 0 Å². The maximum atomic E-state index is 10.5. The van der Waals surface area contributed by atoms with E-state index in [0.29, 0.717) is 23.6 Å². The molecule has 1 fully saturated rings. The van der Waals surface area contributed by atoms with Crippen molar-refractivity contribution in [2.45, 2.75) is 96.3 Å². The van der Waals surface area contributed by atoms with Crippen molar-refractivity contribution < 1.29 is 9.53 Å². The largest absolute Gasteiger partial charge is 0.469 e. The number of unbranched alkanes of at least 4 members (excludes halogenated alkanes) is 4. The molecule has 164 valence electrons. The third kappa shape index (κ3) is 10.3. The van der Waals surface area contributed by atoms with Gasteiger partial charge in [0.05, 0.1) is 7.11 Å². The van der Waals surface area contributed by atoms with Crippen LogP contribution in [0.1, 0.15) is 95.6 Å². The topological polar surface area (TPSA) is 26.3 Å². The standard InChI is InChI=1S/C18H27Cl.C8H14O2/c1-3-4-5-6-7-15-8-10-16(11-9-15)17-12-13-18(19)14(17)2;1-3-4-5-6-7-8(9)10-2/h8-11,14,17-18H,3-7,12-13H2,1-2H3;3-4H,5-7H2,1-2H3/b;4-3-/t14?,17-,18+;/m0./s1. The lowest BCUT2D eigenvalue weighted by Gasteiger charge is -2.17. The highest BCUT2D eigenvalue weighted by molar-refractivity contribution is 6.21. The summed E-state index contributed by atoms with van der Waals surface area (Å²) in [5.74, 6) is 1.18. The molecule has 29 heavy (non-hydrogen) atoms. The number of rotatable bonds is 10. The van der Waals surface area contributed by atoms with E-state index in [0.717, 1.165) is 12.8 Å². The van der Waals surface area contributed by atoms with Crippen LogP contribution in [0.4, 0.5) is 0 Å². The van der Waals surface area contributed by atoms with Crippen molar-refractivity contribution in [2.24, 2.45) is 5.92 Å². The quantitative estimate of drug-likeness (QED) is 0.167. The number of aryl methyl sites for hydroxylation is 1. The van der Waals surface area contributed by atoms with Crippen LogP contribution in [0.5, 0.6) is 0 Å². The van der Waals surface area contributed by atoms with Crippen molar-refractivity contribution in [3.8, 4) is 0 Å². The number of alkyl halides is 1. The third-order valence-corrected chi connectivity index (χ3v) is 6.52. The predicted molar refractivity (Wildman–Crippen MR) is 126 cm³/mol. The minimum Gasteiger partial charge on any atom is -0.469 e. The monoisotopic (exact) mass is 420 g/mol. The number of hydrogen-bond acceptors (Lipinski definition) is 2. The number of carbonyl (C=O) groups is 1. The molecule has 0 amide bonds. The first-order valence-corrected chi connectivity index (χ1v) is 11.9. The number of benzene rings is 1. The van der Waals surface area contributed by atoms with Crippen LogP contribution in [0.3, 0.4) is 0 Å². The molecule has 1 aromatic rings. The van der Waals surface area contributed by atoms with Crippen molar-refractivity contribution in [2.75, 3.05) is 7.11 Å². The van der Waals surface area contributed by atoms with Gasteiger partial charge in [-0.15, -0.1) is 11.6 Å². The Labute approximate surface area is 184 Å². The van der Waals surface area contributed by atoms with Crippen LogP contribution >= 0.6 is 11.6 Å². The highest BCUT2D eigenvalue weighted by Crippen LogP contribution is 2.42. The maximum Gasteiger partial charge on any atom is 0.305 e. The summed E-state index contributed by atoms with van der Waals surface area (Å²) < 4.78 is 4.47. The molecule has 0 N–H and O–H groups in total. The van der Waals surface area contributed by atoms with E-state index < -0.39 is 0 Å². The lowest BCUT2D eigenvalue weighted by molar-refractivity contribution is -0.140. The van der Waals surface area contributed by atoms with E-state index in [1.54, 1.807) is 0 Å². The summed E-state index contributed by atoms with van der Waals surface area (Å²) in [5, 5.41) is 0.374. The minimum absolute atomic E-state index is 0.121. The molecule has 0 aromatic heterocycles. The predicted octanol–water partition coefficient (Wildman–Crippen LogP) is 7.84. The van der Waals surface area contributed by atoms with Gasteiger partial charge >= 0.3 is 5.97 Å². The molecule has 0 radical (unpaired) electrons. The summed E-state index contributed by atoms with van der Waals surface area (Å²) in [6.07, 6.45) is 15.5. The molecule has 0 saturated heterocycles. The van der Waals surface area contributed by atoms with E-state index >= 15 is 0 Å². The lowest BCUT2D eigenvalue weighted by atomic mass is 9.89. The van der Waals surface area contributed by atoms with Gasteiger partial charge in [0, 0.05) is 11.8 Å². The first kappa shape index (κ1) is 25.8. The Morgan fingerprint density at radius 3 is 2.41 bits per heavy atom. The normalized spacial score (nSPS) is 21.1. The summed E-state index contributed by atoms with van der Waals surface area (Å²) >= 11 is 6.34. The Morgan fingerprint density at radius 2 is 1.86 bits per heavy atom. The molecule has 3 atom stereocenters. The fourth-order valence-corrected chi connectivity index (χ4v) is 4.21. The van der Waals surface area contributed by atoms with E-state index in [1.165, 1.54) is 63.2 Å². The highest BCUT2D eigenvalue weighted by Gasteiger charge is 2.32. The van der Waals surface area contributed by atoms with Crippen LogP contribution in [0.2, 0.25) is 0 Å². The SMILES string of the molecule is C/C=C\CCCC(=O)OC.CCCCCCc1ccc([C@H]2CC[C@@H](Cl)C2C)cc1. The molecular formula is C26H41ClO2. The molecule has 1 unspecified atom stereocenters. The Bertz CT molecular complexity index is 579. The summed E-state index contributed by atoms with van der Waals surface area (Å²) in [6, 6.07) is 9.33. The maximum absolute atomic E-state index is 10.5. The summed E-state index contributed by atoms with van der Waals surface area (Å²) in [4.78, 5) is 10.5. The summed E-state index contributed by atoms with van der Waals surface area (Å²) in [6.45, 7) is 6.54. The highest BCUT2D eigenvalue weighted by atomic mass is 35.5. The first-order chi connectivity index (χ1) is 14.0. The number of esters is 1. The number of carbonyl (C=O) groups excluding carboxylic acids is 1. The summed E-state index contributed by atoms with van der Waals surface area (Å²) in [7, 11) is 1.41. The van der Waals surface area contributed by atoms with Gasteiger partial charge in [-0.1, -0.05) is 69.5 Å². The van der Waals surface area contributed by atoms with Crippen molar-refractivity contribution in [1.82, 2.24) is 0 Å². The third-order valence-electron chi connectivity index (χ3n) is 5.90. The van der Waals surface area contributed by atoms with Crippen LogP contribution in [0, 0.1) is 5.92 Å². The molecule has 2 rings (SSSR count). The first-order valence-electron chi connectivity index (χ1n) is 11.4. The molecular weight excluding hydrogens is 380 g/mol. The lowest BCUT2D eigenvalue weighted by Crippen LogP contribution is -2.09. The number of halogens is 1. The van der Waals surface area contributed by atoms with Gasteiger partial charge in [-0.25, -0.2) is 0 Å². The molecule has 1 aliphatic rings. The molecule has 3 heteroatoms. The Balaban J connectivity index is 0.000000359. The number of hydrogen-bond donors (Lipinski definition) is 0. The van der Waals surface area contributed by atoms with Gasteiger partial charge < -0.3 is 4.74 Å². The molecule has 0 aliphatic heterocycles. The van der Waals surface area contributed by atoms with E-state index in [2.05, 4.69) is 42.8 Å². The van der Waals surface area contributed by atoms with Crippen molar-refractivity contribution in [3.63, 3.8) is 0 Å². The fourth-order valence-electron chi connectivity index (χ4n) is 3.91. The van der Waals surface area contributed by atoms with Crippen molar-refractivity contribution in [1.29, 1.82) is 0 Å².